The van der Waals surface area contributed by atoms with Gasteiger partial charge in [-0.25, -0.2) is 0 Å². The van der Waals surface area contributed by atoms with E-state index in [0.29, 0.717) is 23.5 Å². The zero-order valence-corrected chi connectivity index (χ0v) is 18.4. The maximum atomic E-state index is 13.1. The predicted octanol–water partition coefficient (Wildman–Crippen LogP) is 4.62. The van der Waals surface area contributed by atoms with Crippen molar-refractivity contribution in [3.8, 4) is 5.75 Å². The van der Waals surface area contributed by atoms with Crippen molar-refractivity contribution >= 4 is 23.1 Å². The Balaban J connectivity index is 1.85. The van der Waals surface area contributed by atoms with Gasteiger partial charge in [0, 0.05) is 24.2 Å². The number of aliphatic hydroxyl groups excluding tert-OH is 1. The lowest BCUT2D eigenvalue weighted by Crippen LogP contribution is -2.29. The molecule has 1 amide bonds. The van der Waals surface area contributed by atoms with Crippen molar-refractivity contribution in [2.24, 2.45) is 0 Å². The van der Waals surface area contributed by atoms with Gasteiger partial charge in [-0.3, -0.25) is 19.7 Å². The van der Waals surface area contributed by atoms with Gasteiger partial charge in [-0.2, -0.15) is 0 Å². The molecule has 0 bridgehead atoms. The molecular weight excluding hydrogens is 436 g/mol. The molecular formula is C26H22N2O6. The van der Waals surface area contributed by atoms with E-state index in [1.54, 1.807) is 30.3 Å². The number of nitrogens with zero attached hydrogens (tertiary/aromatic N) is 2. The lowest BCUT2D eigenvalue weighted by molar-refractivity contribution is -0.384. The second kappa shape index (κ2) is 9.58. The molecule has 0 aliphatic carbocycles. The average molecular weight is 458 g/mol. The number of ether oxygens (including phenoxy) is 1. The van der Waals surface area contributed by atoms with Crippen molar-refractivity contribution in [3.63, 3.8) is 0 Å². The number of rotatable bonds is 7. The Morgan fingerprint density at radius 2 is 1.74 bits per heavy atom. The van der Waals surface area contributed by atoms with Crippen LogP contribution in [0.25, 0.3) is 5.76 Å². The van der Waals surface area contributed by atoms with Crippen LogP contribution < -0.4 is 4.74 Å². The van der Waals surface area contributed by atoms with E-state index in [2.05, 4.69) is 0 Å². The maximum Gasteiger partial charge on any atom is 0.295 e. The van der Waals surface area contributed by atoms with Crippen molar-refractivity contribution in [1.29, 1.82) is 0 Å². The molecule has 0 saturated carbocycles. The van der Waals surface area contributed by atoms with Gasteiger partial charge in [-0.05, 0) is 42.3 Å². The van der Waals surface area contributed by atoms with Gasteiger partial charge in [0.25, 0.3) is 17.4 Å². The fourth-order valence-electron chi connectivity index (χ4n) is 4.01. The Kier molecular flexibility index (Phi) is 6.40. The molecule has 1 fully saturated rings. The van der Waals surface area contributed by atoms with E-state index < -0.39 is 22.7 Å². The normalized spacial score (nSPS) is 17.1. The van der Waals surface area contributed by atoms with Crippen molar-refractivity contribution in [3.05, 3.63) is 111 Å². The van der Waals surface area contributed by atoms with Crippen molar-refractivity contribution < 1.29 is 24.4 Å². The molecule has 1 aliphatic rings. The van der Waals surface area contributed by atoms with E-state index in [0.717, 1.165) is 5.56 Å². The van der Waals surface area contributed by atoms with Gasteiger partial charge in [0.1, 0.15) is 11.5 Å². The van der Waals surface area contributed by atoms with Gasteiger partial charge in [-0.1, -0.05) is 42.5 Å². The summed E-state index contributed by atoms with van der Waals surface area (Å²) < 4.78 is 5.42. The molecule has 8 heteroatoms. The highest BCUT2D eigenvalue weighted by Crippen LogP contribution is 2.41. The number of Topliss-reactive ketones (excluding diaryl/α,β-unsaturated/α-hetero) is 1. The van der Waals surface area contributed by atoms with Crippen LogP contribution in [0, 0.1) is 10.1 Å². The first kappa shape index (κ1) is 22.7. The van der Waals surface area contributed by atoms with Crippen LogP contribution >= 0.6 is 0 Å². The van der Waals surface area contributed by atoms with Crippen LogP contribution in [0.3, 0.4) is 0 Å². The Hall–Kier alpha value is -4.46. The largest absolute Gasteiger partial charge is 0.507 e. The molecule has 3 aromatic rings. The fraction of sp³-hybridized carbons (Fsp3) is 0.154. The summed E-state index contributed by atoms with van der Waals surface area (Å²) >= 11 is 0. The number of ketones is 1. The minimum atomic E-state index is -0.994. The lowest BCUT2D eigenvalue weighted by Gasteiger charge is -2.25. The summed E-state index contributed by atoms with van der Waals surface area (Å²) in [6.45, 7) is 2.42. The molecule has 8 nitrogen and oxygen atoms in total. The topological polar surface area (TPSA) is 110 Å². The first-order valence-electron chi connectivity index (χ1n) is 10.7. The Labute approximate surface area is 195 Å². The third kappa shape index (κ3) is 4.38. The predicted molar refractivity (Wildman–Crippen MR) is 125 cm³/mol. The van der Waals surface area contributed by atoms with E-state index in [1.807, 2.05) is 37.3 Å². The van der Waals surface area contributed by atoms with E-state index >= 15 is 0 Å². The third-order valence-electron chi connectivity index (χ3n) is 5.57. The minimum absolute atomic E-state index is 0.0961. The van der Waals surface area contributed by atoms with Crippen LogP contribution in [0.4, 0.5) is 5.69 Å². The number of likely N-dealkylation sites (tertiary alicyclic amines) is 1. The van der Waals surface area contributed by atoms with Gasteiger partial charge in [0.15, 0.2) is 0 Å². The fourth-order valence-corrected chi connectivity index (χ4v) is 4.01. The first-order valence-corrected chi connectivity index (χ1v) is 10.7. The molecule has 172 valence electrons. The summed E-state index contributed by atoms with van der Waals surface area (Å²) in [5.74, 6) is -1.39. The van der Waals surface area contributed by atoms with E-state index in [9.17, 15) is 24.8 Å². The van der Waals surface area contributed by atoms with Gasteiger partial charge < -0.3 is 14.7 Å². The summed E-state index contributed by atoms with van der Waals surface area (Å²) in [7, 11) is 0. The number of amides is 1. The summed E-state index contributed by atoms with van der Waals surface area (Å²) in [5.41, 5.74) is 1.17. The highest BCUT2D eigenvalue weighted by Gasteiger charge is 2.46. The van der Waals surface area contributed by atoms with Crippen LogP contribution in [-0.2, 0) is 16.1 Å². The van der Waals surface area contributed by atoms with Crippen LogP contribution in [0.5, 0.6) is 5.75 Å². The zero-order chi connectivity index (χ0) is 24.2. The Bertz CT molecular complexity index is 1270. The van der Waals surface area contributed by atoms with Crippen molar-refractivity contribution in [1.82, 2.24) is 4.90 Å². The number of non-ortho nitro benzene ring substituents is 1. The van der Waals surface area contributed by atoms with Crippen LogP contribution in [0.1, 0.15) is 29.7 Å². The number of benzene rings is 3. The smallest absolute Gasteiger partial charge is 0.295 e. The molecule has 0 radical (unpaired) electrons. The molecule has 1 atom stereocenters. The number of hydrogen-bond acceptors (Lipinski definition) is 6. The molecule has 1 aliphatic heterocycles. The standard InChI is InChI=1S/C26H22N2O6/c1-2-34-21-13-11-18(12-14-21)24(29)22-23(19-9-6-10-20(15-19)28(32)33)27(26(31)25(22)30)16-17-7-4-3-5-8-17/h3-15,23,29H,2,16H2,1H3/b24-22+. The molecule has 1 saturated heterocycles. The molecule has 0 spiro atoms. The summed E-state index contributed by atoms with van der Waals surface area (Å²) in [6, 6.07) is 20.3. The maximum absolute atomic E-state index is 13.1. The van der Waals surface area contributed by atoms with Crippen molar-refractivity contribution in [2.45, 2.75) is 19.5 Å². The van der Waals surface area contributed by atoms with Crippen LogP contribution in [0.15, 0.2) is 84.4 Å². The molecule has 34 heavy (non-hydrogen) atoms. The summed E-state index contributed by atoms with van der Waals surface area (Å²) in [4.78, 5) is 38.4. The van der Waals surface area contributed by atoms with E-state index in [-0.39, 0.29) is 23.6 Å². The lowest BCUT2D eigenvalue weighted by atomic mass is 9.95. The molecule has 1 unspecified atom stereocenters. The molecule has 0 aromatic heterocycles. The number of nitro groups is 1. The number of hydrogen-bond donors (Lipinski definition) is 1. The highest BCUT2D eigenvalue weighted by molar-refractivity contribution is 6.46. The monoisotopic (exact) mass is 458 g/mol. The molecule has 3 aromatic carbocycles. The summed E-state index contributed by atoms with van der Waals surface area (Å²) in [6.07, 6.45) is 0. The highest BCUT2D eigenvalue weighted by atomic mass is 16.6. The van der Waals surface area contributed by atoms with Gasteiger partial charge in [-0.15, -0.1) is 0 Å². The number of aliphatic hydroxyl groups is 1. The van der Waals surface area contributed by atoms with Gasteiger partial charge in [0.2, 0.25) is 0 Å². The van der Waals surface area contributed by atoms with E-state index in [1.165, 1.54) is 23.1 Å². The number of nitro benzene ring substituents is 1. The second-order valence-corrected chi connectivity index (χ2v) is 7.72. The van der Waals surface area contributed by atoms with E-state index in [4.69, 9.17) is 4.74 Å². The van der Waals surface area contributed by atoms with Crippen molar-refractivity contribution in [2.75, 3.05) is 6.61 Å². The Morgan fingerprint density at radius 3 is 2.38 bits per heavy atom. The molecule has 1 heterocycles. The van der Waals surface area contributed by atoms with Gasteiger partial charge in [0.05, 0.1) is 23.1 Å². The molecule has 4 rings (SSSR count). The quantitative estimate of drug-likeness (QED) is 0.182. The number of carbonyl (C=O) groups excluding carboxylic acids is 2. The SMILES string of the molecule is CCOc1ccc(/C(O)=C2\C(=O)C(=O)N(Cc3ccccc3)C2c2cccc([N+](=O)[O-])c2)cc1. The summed E-state index contributed by atoms with van der Waals surface area (Å²) in [5, 5.41) is 22.5. The van der Waals surface area contributed by atoms with Crippen LogP contribution in [-0.4, -0.2) is 33.2 Å². The zero-order valence-electron chi connectivity index (χ0n) is 18.4. The van der Waals surface area contributed by atoms with Gasteiger partial charge >= 0.3 is 0 Å². The minimum Gasteiger partial charge on any atom is -0.507 e. The first-order chi connectivity index (χ1) is 16.4. The second-order valence-electron chi connectivity index (χ2n) is 7.72. The third-order valence-corrected chi connectivity index (χ3v) is 5.57. The van der Waals surface area contributed by atoms with Crippen LogP contribution in [0.2, 0.25) is 0 Å². The molecule has 1 N–H and O–H groups in total. The Morgan fingerprint density at radius 1 is 1.03 bits per heavy atom. The number of carbonyl (C=O) groups is 2. The average Bonchev–Trinajstić information content (AvgIpc) is 3.10.